The van der Waals surface area contributed by atoms with Crippen LogP contribution in [0.3, 0.4) is 0 Å². The van der Waals surface area contributed by atoms with Crippen LogP contribution in [0.4, 0.5) is 0 Å². The molecule has 0 fully saturated rings. The molecule has 0 amide bonds. The molecule has 0 spiro atoms. The molecule has 1 aromatic rings. The molecule has 106 valence electrons. The Bertz CT molecular complexity index is 409. The molecule has 1 aliphatic heterocycles. The lowest BCUT2D eigenvalue weighted by atomic mass is 9.90. The number of fused-ring (bicyclic) bond motifs is 1. The summed E-state index contributed by atoms with van der Waals surface area (Å²) >= 11 is 0. The van der Waals surface area contributed by atoms with Gasteiger partial charge in [0.2, 0.25) is 0 Å². The zero-order valence-corrected chi connectivity index (χ0v) is 12.9. The SMILES string of the molecule is CC(C)NCC(C)(C)CN1CCc2ccccc2C1. The molecule has 0 bridgehead atoms. The molecule has 0 radical (unpaired) electrons. The van der Waals surface area contributed by atoms with Gasteiger partial charge in [0.05, 0.1) is 0 Å². The van der Waals surface area contributed by atoms with Crippen LogP contribution in [0, 0.1) is 5.41 Å². The number of nitrogens with one attached hydrogen (secondary N) is 1. The van der Waals surface area contributed by atoms with E-state index < -0.39 is 0 Å². The van der Waals surface area contributed by atoms with Gasteiger partial charge in [-0.1, -0.05) is 52.0 Å². The predicted molar refractivity (Wildman–Crippen MR) is 82.3 cm³/mol. The van der Waals surface area contributed by atoms with Crippen molar-refractivity contribution in [1.82, 2.24) is 10.2 Å². The minimum Gasteiger partial charge on any atom is -0.314 e. The highest BCUT2D eigenvalue weighted by atomic mass is 15.1. The van der Waals surface area contributed by atoms with Crippen molar-refractivity contribution in [3.05, 3.63) is 35.4 Å². The van der Waals surface area contributed by atoms with Gasteiger partial charge in [0.25, 0.3) is 0 Å². The summed E-state index contributed by atoms with van der Waals surface area (Å²) < 4.78 is 0. The van der Waals surface area contributed by atoms with Crippen LogP contribution in [0.25, 0.3) is 0 Å². The normalized spacial score (nSPS) is 16.7. The van der Waals surface area contributed by atoms with Crippen LogP contribution in [0.5, 0.6) is 0 Å². The number of hydrogen-bond donors (Lipinski definition) is 1. The third kappa shape index (κ3) is 4.32. The Morgan fingerprint density at radius 1 is 1.21 bits per heavy atom. The molecule has 19 heavy (non-hydrogen) atoms. The largest absolute Gasteiger partial charge is 0.314 e. The maximum Gasteiger partial charge on any atom is 0.0236 e. The molecule has 0 aromatic heterocycles. The van der Waals surface area contributed by atoms with E-state index in [0.717, 1.165) is 13.1 Å². The van der Waals surface area contributed by atoms with E-state index in [1.165, 1.54) is 30.6 Å². The summed E-state index contributed by atoms with van der Waals surface area (Å²) in [7, 11) is 0. The van der Waals surface area contributed by atoms with Gasteiger partial charge < -0.3 is 5.32 Å². The van der Waals surface area contributed by atoms with Gasteiger partial charge in [0.1, 0.15) is 0 Å². The lowest BCUT2D eigenvalue weighted by Crippen LogP contribution is -2.43. The van der Waals surface area contributed by atoms with Crippen LogP contribution >= 0.6 is 0 Å². The molecule has 1 heterocycles. The molecule has 0 unspecified atom stereocenters. The Labute approximate surface area is 118 Å². The summed E-state index contributed by atoms with van der Waals surface area (Å²) in [5.74, 6) is 0. The fourth-order valence-corrected chi connectivity index (χ4v) is 2.83. The third-order valence-corrected chi connectivity index (χ3v) is 3.85. The molecule has 0 aliphatic carbocycles. The third-order valence-electron chi connectivity index (χ3n) is 3.85. The van der Waals surface area contributed by atoms with Gasteiger partial charge in [-0.3, -0.25) is 4.90 Å². The highest BCUT2D eigenvalue weighted by Crippen LogP contribution is 2.23. The summed E-state index contributed by atoms with van der Waals surface area (Å²) in [5.41, 5.74) is 3.38. The zero-order valence-electron chi connectivity index (χ0n) is 12.9. The number of rotatable bonds is 5. The standard InChI is InChI=1S/C17H28N2/c1-14(2)18-12-17(3,4)13-19-10-9-15-7-5-6-8-16(15)11-19/h5-8,14,18H,9-13H2,1-4H3. The first-order chi connectivity index (χ1) is 8.96. The Balaban J connectivity index is 1.91. The van der Waals surface area contributed by atoms with Crippen LogP contribution in [0.2, 0.25) is 0 Å². The van der Waals surface area contributed by atoms with Crippen LogP contribution in [0.15, 0.2) is 24.3 Å². The monoisotopic (exact) mass is 260 g/mol. The molecule has 0 atom stereocenters. The molecule has 2 nitrogen and oxygen atoms in total. The van der Waals surface area contributed by atoms with Crippen molar-refractivity contribution in [3.8, 4) is 0 Å². The maximum absolute atomic E-state index is 3.57. The van der Waals surface area contributed by atoms with Gasteiger partial charge in [-0.2, -0.15) is 0 Å². The van der Waals surface area contributed by atoms with E-state index in [1.807, 2.05) is 0 Å². The molecule has 0 saturated heterocycles. The van der Waals surface area contributed by atoms with Crippen LogP contribution in [0.1, 0.15) is 38.8 Å². The molecule has 2 heteroatoms. The first-order valence-electron chi connectivity index (χ1n) is 7.49. The highest BCUT2D eigenvalue weighted by molar-refractivity contribution is 5.29. The zero-order chi connectivity index (χ0) is 13.9. The molecule has 0 saturated carbocycles. The number of nitrogens with zero attached hydrogens (tertiary/aromatic N) is 1. The summed E-state index contributed by atoms with van der Waals surface area (Å²) in [5, 5.41) is 3.57. The van der Waals surface area contributed by atoms with Crippen molar-refractivity contribution < 1.29 is 0 Å². The summed E-state index contributed by atoms with van der Waals surface area (Å²) in [6.07, 6.45) is 1.20. The van der Waals surface area contributed by atoms with Crippen molar-refractivity contribution in [2.75, 3.05) is 19.6 Å². The fourth-order valence-electron chi connectivity index (χ4n) is 2.83. The average Bonchev–Trinajstić information content (AvgIpc) is 2.36. The van der Waals surface area contributed by atoms with Crippen molar-refractivity contribution in [2.45, 2.75) is 46.7 Å². The van der Waals surface area contributed by atoms with Crippen molar-refractivity contribution in [1.29, 1.82) is 0 Å². The second kappa shape index (κ2) is 6.06. The second-order valence-corrected chi connectivity index (χ2v) is 6.93. The van der Waals surface area contributed by atoms with Gasteiger partial charge in [-0.05, 0) is 23.0 Å². The van der Waals surface area contributed by atoms with Crippen LogP contribution in [-0.2, 0) is 13.0 Å². The van der Waals surface area contributed by atoms with Crippen LogP contribution in [-0.4, -0.2) is 30.6 Å². The first kappa shape index (κ1) is 14.5. The van der Waals surface area contributed by atoms with E-state index in [1.54, 1.807) is 0 Å². The summed E-state index contributed by atoms with van der Waals surface area (Å²) in [6, 6.07) is 9.44. The maximum atomic E-state index is 3.57. The van der Waals surface area contributed by atoms with Gasteiger partial charge in [0, 0.05) is 32.2 Å². The van der Waals surface area contributed by atoms with E-state index in [0.29, 0.717) is 11.5 Å². The summed E-state index contributed by atoms with van der Waals surface area (Å²) in [4.78, 5) is 2.60. The van der Waals surface area contributed by atoms with Gasteiger partial charge in [-0.15, -0.1) is 0 Å². The highest BCUT2D eigenvalue weighted by Gasteiger charge is 2.24. The Morgan fingerprint density at radius 3 is 2.58 bits per heavy atom. The van der Waals surface area contributed by atoms with E-state index in [-0.39, 0.29) is 0 Å². The predicted octanol–water partition coefficient (Wildman–Crippen LogP) is 3.07. The smallest absolute Gasteiger partial charge is 0.0236 e. The van der Waals surface area contributed by atoms with Gasteiger partial charge in [0.15, 0.2) is 0 Å². The average molecular weight is 260 g/mol. The van der Waals surface area contributed by atoms with Crippen molar-refractivity contribution in [3.63, 3.8) is 0 Å². The fraction of sp³-hybridized carbons (Fsp3) is 0.647. The topological polar surface area (TPSA) is 15.3 Å². The van der Waals surface area contributed by atoms with Crippen molar-refractivity contribution >= 4 is 0 Å². The van der Waals surface area contributed by atoms with Crippen LogP contribution < -0.4 is 5.32 Å². The quantitative estimate of drug-likeness (QED) is 0.875. The lowest BCUT2D eigenvalue weighted by Gasteiger charge is -2.36. The van der Waals surface area contributed by atoms with E-state index >= 15 is 0 Å². The van der Waals surface area contributed by atoms with Gasteiger partial charge in [-0.25, -0.2) is 0 Å². The Kier molecular flexibility index (Phi) is 4.64. The molecular weight excluding hydrogens is 232 g/mol. The molecular formula is C17H28N2. The lowest BCUT2D eigenvalue weighted by molar-refractivity contribution is 0.159. The number of benzene rings is 1. The van der Waals surface area contributed by atoms with Gasteiger partial charge >= 0.3 is 0 Å². The van der Waals surface area contributed by atoms with E-state index in [9.17, 15) is 0 Å². The van der Waals surface area contributed by atoms with E-state index in [2.05, 4.69) is 62.2 Å². The van der Waals surface area contributed by atoms with E-state index in [4.69, 9.17) is 0 Å². The molecule has 1 aromatic carbocycles. The number of hydrogen-bond acceptors (Lipinski definition) is 2. The first-order valence-corrected chi connectivity index (χ1v) is 7.49. The summed E-state index contributed by atoms with van der Waals surface area (Å²) in [6.45, 7) is 13.7. The minimum atomic E-state index is 0.330. The Morgan fingerprint density at radius 2 is 1.89 bits per heavy atom. The molecule has 1 N–H and O–H groups in total. The minimum absolute atomic E-state index is 0.330. The van der Waals surface area contributed by atoms with Crippen molar-refractivity contribution in [2.24, 2.45) is 5.41 Å². The second-order valence-electron chi connectivity index (χ2n) is 6.93. The Hall–Kier alpha value is -0.860. The molecule has 2 rings (SSSR count). The molecule has 1 aliphatic rings.